The van der Waals surface area contributed by atoms with Crippen LogP contribution in [0.2, 0.25) is 0 Å². The van der Waals surface area contributed by atoms with Crippen LogP contribution >= 0.6 is 0 Å². The number of aromatic nitrogens is 2. The van der Waals surface area contributed by atoms with Crippen LogP contribution in [-0.4, -0.2) is 35.6 Å². The lowest BCUT2D eigenvalue weighted by Gasteiger charge is -2.30. The second-order valence-electron chi connectivity index (χ2n) is 6.17. The molecule has 6 heteroatoms. The summed E-state index contributed by atoms with van der Waals surface area (Å²) in [7, 11) is -1.81. The normalized spacial score (nSPS) is 16.8. The van der Waals surface area contributed by atoms with Gasteiger partial charge in [-0.2, -0.15) is 9.40 Å². The van der Waals surface area contributed by atoms with Gasteiger partial charge >= 0.3 is 0 Å². The summed E-state index contributed by atoms with van der Waals surface area (Å²) >= 11 is 0. The Morgan fingerprint density at radius 3 is 2.43 bits per heavy atom. The van der Waals surface area contributed by atoms with Gasteiger partial charge in [0.15, 0.2) is 0 Å². The van der Waals surface area contributed by atoms with Gasteiger partial charge in [0.25, 0.3) is 0 Å². The number of hydrogen-bond donors (Lipinski definition) is 0. The van der Waals surface area contributed by atoms with Crippen LogP contribution in [0.25, 0.3) is 5.69 Å². The van der Waals surface area contributed by atoms with E-state index < -0.39 is 10.0 Å². The molecular formula is C17H23N3O2S. The van der Waals surface area contributed by atoms with Crippen molar-refractivity contribution in [2.24, 2.45) is 0 Å². The Bertz CT molecular complexity index is 762. The second-order valence-corrected chi connectivity index (χ2v) is 8.14. The summed E-state index contributed by atoms with van der Waals surface area (Å²) in [5.41, 5.74) is 1.40. The Balaban J connectivity index is 1.92. The maximum Gasteiger partial charge on any atom is 0.246 e. The summed E-state index contributed by atoms with van der Waals surface area (Å²) in [5.74, 6) is 0. The molecule has 5 nitrogen and oxygen atoms in total. The quantitative estimate of drug-likeness (QED) is 0.864. The van der Waals surface area contributed by atoms with Crippen molar-refractivity contribution < 1.29 is 8.42 Å². The first-order valence-electron chi connectivity index (χ1n) is 8.10. The molecule has 0 saturated heterocycles. The van der Waals surface area contributed by atoms with Crippen molar-refractivity contribution in [3.05, 3.63) is 42.2 Å². The molecule has 23 heavy (non-hydrogen) atoms. The summed E-state index contributed by atoms with van der Waals surface area (Å²) in [6.07, 6.45) is 6.93. The molecule has 0 spiro atoms. The van der Waals surface area contributed by atoms with E-state index in [9.17, 15) is 8.42 Å². The molecule has 1 aliphatic rings. The summed E-state index contributed by atoms with van der Waals surface area (Å²) in [6.45, 7) is 1.75. The highest BCUT2D eigenvalue weighted by Crippen LogP contribution is 2.27. The fourth-order valence-corrected chi connectivity index (χ4v) is 4.77. The molecule has 0 unspecified atom stereocenters. The number of aryl methyl sites for hydroxylation is 1. The first-order chi connectivity index (χ1) is 11.0. The number of hydrogen-bond acceptors (Lipinski definition) is 3. The van der Waals surface area contributed by atoms with E-state index in [1.807, 2.05) is 30.3 Å². The van der Waals surface area contributed by atoms with Crippen LogP contribution in [0.3, 0.4) is 0 Å². The lowest BCUT2D eigenvalue weighted by molar-refractivity contribution is 0.285. The van der Waals surface area contributed by atoms with Crippen molar-refractivity contribution in [3.63, 3.8) is 0 Å². The van der Waals surface area contributed by atoms with Gasteiger partial charge in [0.05, 0.1) is 17.6 Å². The largest absolute Gasteiger partial charge is 0.246 e. The minimum atomic E-state index is -3.51. The number of sulfonamides is 1. The van der Waals surface area contributed by atoms with Gasteiger partial charge in [0, 0.05) is 13.1 Å². The van der Waals surface area contributed by atoms with Gasteiger partial charge in [0.1, 0.15) is 4.90 Å². The Labute approximate surface area is 138 Å². The zero-order chi connectivity index (χ0) is 16.4. The summed E-state index contributed by atoms with van der Waals surface area (Å²) in [6, 6.07) is 9.67. The molecular weight excluding hydrogens is 310 g/mol. The predicted octanol–water partition coefficient (Wildman–Crippen LogP) is 3.13. The molecule has 0 aliphatic heterocycles. The SMILES string of the molecule is Cc1nn(-c2ccccc2)cc1S(=O)(=O)N(C)C1CCCCC1. The van der Waals surface area contributed by atoms with Gasteiger partial charge < -0.3 is 0 Å². The first kappa shape index (κ1) is 16.2. The zero-order valence-electron chi connectivity index (χ0n) is 13.6. The lowest BCUT2D eigenvalue weighted by atomic mass is 9.96. The third-order valence-corrected chi connectivity index (χ3v) is 6.63. The summed E-state index contributed by atoms with van der Waals surface area (Å²) in [4.78, 5) is 0.300. The molecule has 0 radical (unpaired) electrons. The van der Waals surface area contributed by atoms with Crippen molar-refractivity contribution in [1.82, 2.24) is 14.1 Å². The lowest BCUT2D eigenvalue weighted by Crippen LogP contribution is -2.38. The molecule has 1 heterocycles. The summed E-state index contributed by atoms with van der Waals surface area (Å²) in [5, 5.41) is 4.39. The third-order valence-electron chi connectivity index (χ3n) is 4.62. The van der Waals surface area contributed by atoms with Crippen molar-refractivity contribution in [1.29, 1.82) is 0 Å². The van der Waals surface area contributed by atoms with E-state index in [4.69, 9.17) is 0 Å². The highest BCUT2D eigenvalue weighted by molar-refractivity contribution is 7.89. The van der Waals surface area contributed by atoms with Gasteiger partial charge in [-0.3, -0.25) is 0 Å². The number of nitrogens with zero attached hydrogens (tertiary/aromatic N) is 3. The van der Waals surface area contributed by atoms with E-state index in [0.717, 1.165) is 31.4 Å². The molecule has 0 bridgehead atoms. The summed E-state index contributed by atoms with van der Waals surface area (Å²) < 4.78 is 29.1. The van der Waals surface area contributed by atoms with Gasteiger partial charge in [-0.05, 0) is 31.9 Å². The van der Waals surface area contributed by atoms with Crippen molar-refractivity contribution >= 4 is 10.0 Å². The third kappa shape index (κ3) is 3.19. The van der Waals surface area contributed by atoms with Crippen LogP contribution < -0.4 is 0 Å². The fourth-order valence-electron chi connectivity index (χ4n) is 3.21. The number of para-hydroxylation sites is 1. The van der Waals surface area contributed by atoms with Crippen LogP contribution in [0, 0.1) is 6.92 Å². The molecule has 3 rings (SSSR count). The average molecular weight is 333 g/mol. The second kappa shape index (κ2) is 6.45. The van der Waals surface area contributed by atoms with Gasteiger partial charge in [-0.25, -0.2) is 13.1 Å². The van der Waals surface area contributed by atoms with E-state index in [1.165, 1.54) is 6.42 Å². The smallest absolute Gasteiger partial charge is 0.239 e. The first-order valence-corrected chi connectivity index (χ1v) is 9.54. The van der Waals surface area contributed by atoms with E-state index in [-0.39, 0.29) is 6.04 Å². The van der Waals surface area contributed by atoms with Crippen LogP contribution in [0.4, 0.5) is 0 Å². The molecule has 124 valence electrons. The zero-order valence-corrected chi connectivity index (χ0v) is 14.5. The monoisotopic (exact) mass is 333 g/mol. The van der Waals surface area contributed by atoms with Gasteiger partial charge in [0.2, 0.25) is 10.0 Å². The van der Waals surface area contributed by atoms with Gasteiger partial charge in [-0.15, -0.1) is 0 Å². The van der Waals surface area contributed by atoms with Crippen molar-refractivity contribution in [3.8, 4) is 5.69 Å². The Morgan fingerprint density at radius 2 is 1.78 bits per heavy atom. The minimum Gasteiger partial charge on any atom is -0.239 e. The minimum absolute atomic E-state index is 0.105. The van der Waals surface area contributed by atoms with Crippen molar-refractivity contribution in [2.75, 3.05) is 7.05 Å². The van der Waals surface area contributed by atoms with E-state index in [0.29, 0.717) is 10.6 Å². The molecule has 1 aromatic carbocycles. The standard InChI is InChI=1S/C17H23N3O2S/c1-14-17(13-20(18-14)16-11-7-4-8-12-16)23(21,22)19(2)15-9-5-3-6-10-15/h4,7-8,11-13,15H,3,5-6,9-10H2,1-2H3. The van der Waals surface area contributed by atoms with Crippen LogP contribution in [0.1, 0.15) is 37.8 Å². The van der Waals surface area contributed by atoms with Crippen LogP contribution in [-0.2, 0) is 10.0 Å². The average Bonchev–Trinajstić information content (AvgIpc) is 2.98. The topological polar surface area (TPSA) is 55.2 Å². The molecule has 0 N–H and O–H groups in total. The number of benzene rings is 1. The fraction of sp³-hybridized carbons (Fsp3) is 0.471. The highest BCUT2D eigenvalue weighted by Gasteiger charge is 2.31. The van der Waals surface area contributed by atoms with Crippen LogP contribution in [0.5, 0.6) is 0 Å². The maximum absolute atomic E-state index is 13.0. The highest BCUT2D eigenvalue weighted by atomic mass is 32.2. The predicted molar refractivity (Wildman–Crippen MR) is 90.1 cm³/mol. The van der Waals surface area contributed by atoms with E-state index in [2.05, 4.69) is 5.10 Å². The molecule has 0 amide bonds. The number of rotatable bonds is 4. The molecule has 0 atom stereocenters. The Morgan fingerprint density at radius 1 is 1.13 bits per heavy atom. The van der Waals surface area contributed by atoms with E-state index >= 15 is 0 Å². The Kier molecular flexibility index (Phi) is 4.55. The van der Waals surface area contributed by atoms with E-state index in [1.54, 1.807) is 29.2 Å². The molecule has 1 aromatic heterocycles. The maximum atomic E-state index is 13.0. The van der Waals surface area contributed by atoms with Gasteiger partial charge in [-0.1, -0.05) is 37.5 Å². The molecule has 1 saturated carbocycles. The molecule has 2 aromatic rings. The molecule has 1 aliphatic carbocycles. The molecule has 1 fully saturated rings. The van der Waals surface area contributed by atoms with Crippen LogP contribution in [0.15, 0.2) is 41.4 Å². The van der Waals surface area contributed by atoms with Crippen molar-refractivity contribution in [2.45, 2.75) is 50.0 Å². The Hall–Kier alpha value is -1.66.